The molecule has 0 unspecified atom stereocenters. The lowest BCUT2D eigenvalue weighted by molar-refractivity contribution is -0.162. The summed E-state index contributed by atoms with van der Waals surface area (Å²) in [6, 6.07) is 1.01. The normalized spacial score (nSPS) is 28.9. The van der Waals surface area contributed by atoms with Crippen molar-refractivity contribution in [1.82, 2.24) is 23.8 Å². The highest BCUT2D eigenvalue weighted by Crippen LogP contribution is 2.41. The van der Waals surface area contributed by atoms with Crippen LogP contribution in [0.25, 0.3) is 0 Å². The zero-order valence-electron chi connectivity index (χ0n) is 19.6. The van der Waals surface area contributed by atoms with E-state index in [1.807, 2.05) is 6.07 Å². The van der Waals surface area contributed by atoms with Crippen LogP contribution in [-0.2, 0) is 17.1 Å². The number of aromatic nitrogens is 4. The van der Waals surface area contributed by atoms with Crippen LogP contribution < -0.4 is 10.1 Å². The number of piperidine rings is 1. The first-order chi connectivity index (χ1) is 16.8. The second-order valence-corrected chi connectivity index (χ2v) is 11.2. The minimum absolute atomic E-state index is 0.0236. The minimum Gasteiger partial charge on any atom is -0.470 e. The lowest BCUT2D eigenvalue weighted by Gasteiger charge is -2.40. The Morgan fingerprint density at radius 1 is 1.33 bits per heavy atom. The first kappa shape index (κ1) is 26.1. The molecule has 4 rings (SSSR count). The first-order valence-corrected chi connectivity index (χ1v) is 12.7. The van der Waals surface area contributed by atoms with Crippen LogP contribution in [0.1, 0.15) is 38.2 Å². The summed E-state index contributed by atoms with van der Waals surface area (Å²) in [5.74, 6) is -3.34. The molecule has 1 saturated heterocycles. The molecule has 0 aromatic carbocycles. The van der Waals surface area contributed by atoms with Gasteiger partial charge in [0.05, 0.1) is 18.6 Å². The van der Waals surface area contributed by atoms with E-state index in [0.29, 0.717) is 0 Å². The van der Waals surface area contributed by atoms with Crippen LogP contribution in [0.4, 0.5) is 19.1 Å². The zero-order chi connectivity index (χ0) is 26.3. The van der Waals surface area contributed by atoms with E-state index in [0.717, 1.165) is 10.5 Å². The van der Waals surface area contributed by atoms with E-state index < -0.39 is 59.3 Å². The van der Waals surface area contributed by atoms with Gasteiger partial charge >= 0.3 is 0 Å². The molecule has 1 aliphatic heterocycles. The van der Waals surface area contributed by atoms with Crippen LogP contribution in [0.5, 0.6) is 5.88 Å². The summed E-state index contributed by atoms with van der Waals surface area (Å²) in [6.45, 7) is 0.850. The van der Waals surface area contributed by atoms with E-state index in [1.54, 1.807) is 7.05 Å². The van der Waals surface area contributed by atoms with Crippen molar-refractivity contribution in [3.05, 3.63) is 24.3 Å². The molecule has 36 heavy (non-hydrogen) atoms. The fourth-order valence-corrected chi connectivity index (χ4v) is 5.81. The van der Waals surface area contributed by atoms with Crippen molar-refractivity contribution >= 4 is 16.0 Å². The molecule has 0 amide bonds. The average Bonchev–Trinajstić information content (AvgIpc) is 3.23. The number of ether oxygens (including phenoxy) is 1. The molecule has 2 aliphatic rings. The molecule has 2 aromatic heterocycles. The van der Waals surface area contributed by atoms with Gasteiger partial charge in [0.1, 0.15) is 29.5 Å². The number of hydrogen-bond donors (Lipinski definition) is 2. The lowest BCUT2D eigenvalue weighted by atomic mass is 9.81. The van der Waals surface area contributed by atoms with Crippen LogP contribution in [0, 0.1) is 11.3 Å². The second-order valence-electron chi connectivity index (χ2n) is 9.36. The topological polar surface area (TPSA) is 146 Å². The van der Waals surface area contributed by atoms with Gasteiger partial charge < -0.3 is 19.7 Å². The third kappa shape index (κ3) is 5.40. The summed E-state index contributed by atoms with van der Waals surface area (Å²) in [6.07, 6.45) is -0.181. The van der Waals surface area contributed by atoms with Crippen LogP contribution in [0.2, 0.25) is 0 Å². The van der Waals surface area contributed by atoms with E-state index in [1.165, 1.54) is 24.0 Å². The third-order valence-electron chi connectivity index (χ3n) is 6.31. The van der Waals surface area contributed by atoms with Crippen molar-refractivity contribution in [2.75, 3.05) is 18.4 Å². The highest BCUT2D eigenvalue weighted by molar-refractivity contribution is 7.89. The van der Waals surface area contributed by atoms with Crippen molar-refractivity contribution in [2.45, 2.75) is 67.5 Å². The summed E-state index contributed by atoms with van der Waals surface area (Å²) >= 11 is 0. The molecule has 15 heteroatoms. The van der Waals surface area contributed by atoms with E-state index in [-0.39, 0.29) is 41.8 Å². The number of rotatable bonds is 6. The third-order valence-corrected chi connectivity index (χ3v) is 8.07. The van der Waals surface area contributed by atoms with E-state index >= 15 is 0 Å². The minimum atomic E-state index is -3.95. The van der Waals surface area contributed by atoms with Crippen LogP contribution in [0.15, 0.2) is 23.7 Å². The number of nitriles is 1. The molecular formula is C21H26F3N7O4S. The lowest BCUT2D eigenvalue weighted by Crippen LogP contribution is -2.51. The molecule has 0 radical (unpaired) electrons. The quantitative estimate of drug-likeness (QED) is 0.570. The Kier molecular flexibility index (Phi) is 6.88. The van der Waals surface area contributed by atoms with E-state index in [9.17, 15) is 32.0 Å². The van der Waals surface area contributed by atoms with Gasteiger partial charge in [0.2, 0.25) is 11.8 Å². The summed E-state index contributed by atoms with van der Waals surface area (Å²) in [7, 11) is -2.33. The second kappa shape index (κ2) is 9.49. The SMILES string of the molecule is Cn1cnc(S(=O)(=O)N2CC[C@H](Nc3ncc(C#N)c(O[C@@H]4CCC(F)(F)C[C@]4(C)O)n3)[C@H](F)C2)c1. The summed E-state index contributed by atoms with van der Waals surface area (Å²) in [5.41, 5.74) is -1.94. The molecule has 2 N–H and O–H groups in total. The van der Waals surface area contributed by atoms with Gasteiger partial charge in [0, 0.05) is 39.2 Å². The summed E-state index contributed by atoms with van der Waals surface area (Å²) < 4.78 is 76.1. The van der Waals surface area contributed by atoms with Crippen LogP contribution in [0.3, 0.4) is 0 Å². The highest BCUT2D eigenvalue weighted by Gasteiger charge is 2.49. The molecule has 4 atom stereocenters. The summed E-state index contributed by atoms with van der Waals surface area (Å²) in [5, 5.41) is 22.5. The van der Waals surface area contributed by atoms with Crippen LogP contribution in [-0.4, -0.2) is 80.3 Å². The Morgan fingerprint density at radius 3 is 2.69 bits per heavy atom. The van der Waals surface area contributed by atoms with Gasteiger partial charge in [-0.3, -0.25) is 0 Å². The summed E-state index contributed by atoms with van der Waals surface area (Å²) in [4.78, 5) is 11.9. The van der Waals surface area contributed by atoms with E-state index in [4.69, 9.17) is 4.74 Å². The molecule has 2 aromatic rings. The molecule has 11 nitrogen and oxygen atoms in total. The highest BCUT2D eigenvalue weighted by atomic mass is 32.2. The average molecular weight is 530 g/mol. The number of halogens is 3. The Hall–Kier alpha value is -2.96. The Bertz CT molecular complexity index is 1260. The van der Waals surface area contributed by atoms with Gasteiger partial charge in [0.25, 0.3) is 15.9 Å². The number of sulfonamides is 1. The van der Waals surface area contributed by atoms with Crippen molar-refractivity contribution in [2.24, 2.45) is 7.05 Å². The number of nitrogens with one attached hydrogen (secondary N) is 1. The number of alkyl halides is 3. The zero-order valence-corrected chi connectivity index (χ0v) is 20.4. The molecule has 3 heterocycles. The number of imidazole rings is 1. The van der Waals surface area contributed by atoms with Gasteiger partial charge in [0.15, 0.2) is 5.03 Å². The molecule has 0 bridgehead atoms. The number of hydrogen-bond acceptors (Lipinski definition) is 9. The standard InChI is InChI=1S/C21H26F3N7O4S/c1-20(32)11-21(23,24)5-3-16(20)35-18-13(7-25)8-26-19(29-18)28-15-4-6-31(9-14(15)22)36(33,34)17-10-30(2)12-27-17/h8,10,12,14-16,32H,3-6,9,11H2,1-2H3,(H,26,28,29)/t14-,15+,16-,20+/m1/s1. The van der Waals surface area contributed by atoms with Gasteiger partial charge in [-0.25, -0.2) is 31.6 Å². The Balaban J connectivity index is 1.45. The van der Waals surface area contributed by atoms with Gasteiger partial charge in [-0.15, -0.1) is 0 Å². The van der Waals surface area contributed by atoms with Gasteiger partial charge in [-0.1, -0.05) is 0 Å². The maximum absolute atomic E-state index is 15.0. The van der Waals surface area contributed by atoms with E-state index in [2.05, 4.69) is 20.3 Å². The van der Waals surface area contributed by atoms with Crippen LogP contribution >= 0.6 is 0 Å². The number of aliphatic hydroxyl groups is 1. The van der Waals surface area contributed by atoms with Crippen molar-refractivity contribution in [3.63, 3.8) is 0 Å². The number of anilines is 1. The molecule has 1 aliphatic carbocycles. The predicted octanol–water partition coefficient (Wildman–Crippen LogP) is 1.61. The van der Waals surface area contributed by atoms with Gasteiger partial charge in [-0.05, 0) is 19.8 Å². The largest absolute Gasteiger partial charge is 0.470 e. The molecule has 196 valence electrons. The van der Waals surface area contributed by atoms with Gasteiger partial charge in [-0.2, -0.15) is 14.6 Å². The van der Waals surface area contributed by atoms with Crippen molar-refractivity contribution < 1.29 is 31.4 Å². The molecule has 0 spiro atoms. The smallest absolute Gasteiger partial charge is 0.262 e. The fraction of sp³-hybridized carbons (Fsp3) is 0.619. The number of nitrogens with zero attached hydrogens (tertiary/aromatic N) is 6. The maximum atomic E-state index is 15.0. The first-order valence-electron chi connectivity index (χ1n) is 11.2. The van der Waals surface area contributed by atoms with Crippen molar-refractivity contribution in [1.29, 1.82) is 5.26 Å². The molecule has 1 saturated carbocycles. The monoisotopic (exact) mass is 529 g/mol. The fourth-order valence-electron chi connectivity index (χ4n) is 4.38. The molecule has 2 fully saturated rings. The maximum Gasteiger partial charge on any atom is 0.262 e. The molecular weight excluding hydrogens is 503 g/mol. The Labute approximate surface area is 206 Å². The number of aryl methyl sites for hydroxylation is 1. The predicted molar refractivity (Wildman–Crippen MR) is 119 cm³/mol. The Morgan fingerprint density at radius 2 is 2.08 bits per heavy atom. The van der Waals surface area contributed by atoms with Crippen molar-refractivity contribution in [3.8, 4) is 11.9 Å².